The van der Waals surface area contributed by atoms with Gasteiger partial charge in [0.25, 0.3) is 11.8 Å². The van der Waals surface area contributed by atoms with Gasteiger partial charge in [0.15, 0.2) is 17.1 Å². The van der Waals surface area contributed by atoms with Crippen molar-refractivity contribution in [2.75, 3.05) is 5.73 Å². The van der Waals surface area contributed by atoms with E-state index in [4.69, 9.17) is 5.73 Å². The van der Waals surface area contributed by atoms with Crippen LogP contribution in [-0.2, 0) is 12.7 Å². The standard InChI is InChI=1S/C28H26F6N6O3/c1-13(14-2-3-14)39-12-16-10-15(11-18(27(29,30)31)20(16)25(39)42)19-6-9-40-23(37-19)21(22(35)38-40)24(41)36-17-4-7-26(43,8-5-17)28(32,33)34/h2,6,9-11,13,17,43H,3-5,7-8,12H2,1H3,(H2,35,38)(H,36,41)/t13-,17-,26+/m0/s1. The Morgan fingerprint density at radius 1 is 1.19 bits per heavy atom. The van der Waals surface area contributed by atoms with E-state index in [9.17, 15) is 41.0 Å². The Kier molecular flexibility index (Phi) is 6.52. The molecule has 0 unspecified atom stereocenters. The van der Waals surface area contributed by atoms with E-state index < -0.39 is 59.8 Å². The fourth-order valence-corrected chi connectivity index (χ4v) is 5.87. The lowest BCUT2D eigenvalue weighted by molar-refractivity contribution is -0.270. The van der Waals surface area contributed by atoms with Gasteiger partial charge in [-0.3, -0.25) is 9.59 Å². The SMILES string of the molecule is C[C@@H](C1=CC1)N1Cc2cc(-c3ccn4nc(N)c(C(=O)N[C@H]5CC[C@](O)(C(F)(F)F)CC5)c4n3)cc(C(F)(F)F)c2C1=O. The number of nitrogen functional groups attached to an aromatic ring is 1. The predicted octanol–water partition coefficient (Wildman–Crippen LogP) is 4.64. The number of allylic oxidation sites excluding steroid dienone is 1. The van der Waals surface area contributed by atoms with Gasteiger partial charge in [-0.1, -0.05) is 6.08 Å². The average molecular weight is 609 g/mol. The molecule has 0 bridgehead atoms. The Morgan fingerprint density at radius 2 is 1.86 bits per heavy atom. The maximum Gasteiger partial charge on any atom is 0.417 e. The lowest BCUT2D eigenvalue weighted by Gasteiger charge is -2.37. The first kappa shape index (κ1) is 29.0. The molecule has 228 valence electrons. The number of fused-ring (bicyclic) bond motifs is 2. The minimum Gasteiger partial charge on any atom is -0.381 e. The molecule has 9 nitrogen and oxygen atoms in total. The van der Waals surface area contributed by atoms with Crippen molar-refractivity contribution in [2.24, 2.45) is 0 Å². The second-order valence-electron chi connectivity index (χ2n) is 11.3. The number of amides is 2. The smallest absolute Gasteiger partial charge is 0.381 e. The number of hydrogen-bond acceptors (Lipinski definition) is 6. The van der Waals surface area contributed by atoms with Crippen LogP contribution in [0.4, 0.5) is 32.2 Å². The number of nitrogens with two attached hydrogens (primary N) is 1. The van der Waals surface area contributed by atoms with Crippen molar-refractivity contribution in [3.63, 3.8) is 0 Å². The Balaban J connectivity index is 1.32. The van der Waals surface area contributed by atoms with Crippen LogP contribution in [0.2, 0.25) is 0 Å². The van der Waals surface area contributed by atoms with Crippen LogP contribution in [0.1, 0.15) is 70.9 Å². The number of rotatable bonds is 5. The van der Waals surface area contributed by atoms with E-state index in [0.717, 1.165) is 11.6 Å². The van der Waals surface area contributed by atoms with Gasteiger partial charge in [0.1, 0.15) is 5.56 Å². The van der Waals surface area contributed by atoms with Gasteiger partial charge in [-0.05, 0) is 68.4 Å². The maximum atomic E-state index is 14.2. The monoisotopic (exact) mass is 608 g/mol. The summed E-state index contributed by atoms with van der Waals surface area (Å²) in [7, 11) is 0. The second kappa shape index (κ2) is 9.69. The van der Waals surface area contributed by atoms with Crippen LogP contribution in [0.5, 0.6) is 0 Å². The normalized spacial score (nSPS) is 22.9. The number of alkyl halides is 6. The average Bonchev–Trinajstić information content (AvgIpc) is 3.65. The van der Waals surface area contributed by atoms with Gasteiger partial charge in [-0.25, -0.2) is 9.50 Å². The maximum absolute atomic E-state index is 14.2. The molecule has 43 heavy (non-hydrogen) atoms. The quantitative estimate of drug-likeness (QED) is 0.286. The Hall–Kier alpha value is -4.14. The molecule has 1 aliphatic heterocycles. The molecule has 3 heterocycles. The number of hydrogen-bond donors (Lipinski definition) is 3. The number of nitrogens with zero attached hydrogens (tertiary/aromatic N) is 4. The summed E-state index contributed by atoms with van der Waals surface area (Å²) in [5, 5.41) is 16.6. The molecule has 2 aromatic heterocycles. The minimum absolute atomic E-state index is 0.00994. The molecule has 0 radical (unpaired) electrons. The third kappa shape index (κ3) is 4.98. The van der Waals surface area contributed by atoms with E-state index in [0.29, 0.717) is 6.42 Å². The second-order valence-corrected chi connectivity index (χ2v) is 11.3. The summed E-state index contributed by atoms with van der Waals surface area (Å²) in [6, 6.07) is 2.70. The first-order chi connectivity index (χ1) is 20.1. The molecule has 0 spiro atoms. The largest absolute Gasteiger partial charge is 0.417 e. The first-order valence-electron chi connectivity index (χ1n) is 13.6. The van der Waals surface area contributed by atoms with E-state index in [-0.39, 0.29) is 59.3 Å². The van der Waals surface area contributed by atoms with E-state index >= 15 is 0 Å². The van der Waals surface area contributed by atoms with Crippen molar-refractivity contribution in [1.29, 1.82) is 0 Å². The van der Waals surface area contributed by atoms with Crippen molar-refractivity contribution in [3.8, 4) is 11.3 Å². The van der Waals surface area contributed by atoms with Crippen molar-refractivity contribution >= 4 is 23.3 Å². The minimum atomic E-state index is -4.83. The van der Waals surface area contributed by atoms with Gasteiger partial charge in [0.2, 0.25) is 0 Å². The van der Waals surface area contributed by atoms with Gasteiger partial charge in [0, 0.05) is 24.3 Å². The topological polar surface area (TPSA) is 126 Å². The number of aromatic nitrogens is 3. The molecule has 0 saturated heterocycles. The van der Waals surface area contributed by atoms with Gasteiger partial charge in [0.05, 0.1) is 22.9 Å². The summed E-state index contributed by atoms with van der Waals surface area (Å²) in [5.41, 5.74) is 2.70. The molecular formula is C28H26F6N6O3. The third-order valence-electron chi connectivity index (χ3n) is 8.50. The molecule has 1 aromatic carbocycles. The van der Waals surface area contributed by atoms with Crippen LogP contribution < -0.4 is 11.1 Å². The number of aliphatic hydroxyl groups is 1. The lowest BCUT2D eigenvalue weighted by atomic mass is 9.81. The van der Waals surface area contributed by atoms with Crippen molar-refractivity contribution < 1.29 is 41.0 Å². The Morgan fingerprint density at radius 3 is 2.47 bits per heavy atom. The molecule has 15 heteroatoms. The van der Waals surface area contributed by atoms with E-state index in [1.54, 1.807) is 6.92 Å². The van der Waals surface area contributed by atoms with Crippen molar-refractivity contribution in [3.05, 3.63) is 58.3 Å². The number of carbonyl (C=O) groups excluding carboxylic acids is 2. The number of nitrogens with one attached hydrogen (secondary N) is 1. The number of carbonyl (C=O) groups is 2. The highest BCUT2D eigenvalue weighted by Gasteiger charge is 2.54. The molecule has 1 fully saturated rings. The number of benzene rings is 1. The molecular weight excluding hydrogens is 582 g/mol. The fourth-order valence-electron chi connectivity index (χ4n) is 5.87. The summed E-state index contributed by atoms with van der Waals surface area (Å²) in [6.07, 6.45) is -7.09. The molecule has 4 N–H and O–H groups in total. The van der Waals surface area contributed by atoms with Gasteiger partial charge in [-0.15, -0.1) is 5.10 Å². The zero-order chi connectivity index (χ0) is 31.1. The molecule has 2 amide bonds. The molecule has 3 aliphatic rings. The zero-order valence-corrected chi connectivity index (χ0v) is 22.7. The van der Waals surface area contributed by atoms with Crippen LogP contribution in [-0.4, -0.2) is 60.3 Å². The molecule has 1 atom stereocenters. The summed E-state index contributed by atoms with van der Waals surface area (Å²) < 4.78 is 83.3. The molecule has 3 aromatic rings. The lowest BCUT2D eigenvalue weighted by Crippen LogP contribution is -2.51. The first-order valence-corrected chi connectivity index (χ1v) is 13.6. The highest BCUT2D eigenvalue weighted by molar-refractivity contribution is 6.04. The zero-order valence-electron chi connectivity index (χ0n) is 22.7. The van der Waals surface area contributed by atoms with E-state index in [1.807, 2.05) is 6.08 Å². The predicted molar refractivity (Wildman–Crippen MR) is 141 cm³/mol. The third-order valence-corrected chi connectivity index (χ3v) is 8.50. The summed E-state index contributed by atoms with van der Waals surface area (Å²) in [5.74, 6) is -1.70. The van der Waals surface area contributed by atoms with Crippen LogP contribution >= 0.6 is 0 Å². The van der Waals surface area contributed by atoms with Crippen LogP contribution in [0.15, 0.2) is 36.0 Å². The number of halogens is 6. The van der Waals surface area contributed by atoms with Gasteiger partial charge in [-0.2, -0.15) is 26.3 Å². The Labute approximate surface area is 240 Å². The van der Waals surface area contributed by atoms with E-state index in [1.165, 1.54) is 27.7 Å². The van der Waals surface area contributed by atoms with Gasteiger partial charge < -0.3 is 21.1 Å². The fraction of sp³-hybridized carbons (Fsp3) is 0.429. The summed E-state index contributed by atoms with van der Waals surface area (Å²) in [4.78, 5) is 32.1. The van der Waals surface area contributed by atoms with Crippen molar-refractivity contribution in [2.45, 2.75) is 75.6 Å². The van der Waals surface area contributed by atoms with E-state index in [2.05, 4.69) is 15.4 Å². The molecule has 1 saturated carbocycles. The van der Waals surface area contributed by atoms with Crippen LogP contribution in [0.25, 0.3) is 16.9 Å². The molecule has 2 aliphatic carbocycles. The van der Waals surface area contributed by atoms with Crippen LogP contribution in [0, 0.1) is 0 Å². The highest BCUT2D eigenvalue weighted by Crippen LogP contribution is 2.43. The van der Waals surface area contributed by atoms with Crippen molar-refractivity contribution in [1.82, 2.24) is 24.8 Å². The summed E-state index contributed by atoms with van der Waals surface area (Å²) >= 11 is 0. The highest BCUT2D eigenvalue weighted by atomic mass is 19.4. The Bertz CT molecular complexity index is 1690. The number of anilines is 1. The van der Waals surface area contributed by atoms with Gasteiger partial charge >= 0.3 is 12.4 Å². The summed E-state index contributed by atoms with van der Waals surface area (Å²) in [6.45, 7) is 1.76. The molecule has 6 rings (SSSR count). The van der Waals surface area contributed by atoms with Crippen LogP contribution in [0.3, 0.4) is 0 Å².